The molecule has 1 atom stereocenters. The first-order valence-corrected chi connectivity index (χ1v) is 11.9. The van der Waals surface area contributed by atoms with Crippen LogP contribution in [0.1, 0.15) is 29.2 Å². The number of hydrogen-bond donors (Lipinski definition) is 1. The SMILES string of the molecule is C[C@]1(Cc2ccc(F)cc2)Cc2cc(CC(=O)N(CCc3cccc(Cl)c3)CC(=O)O)ccc2O1. The van der Waals surface area contributed by atoms with Crippen LogP contribution in [0.15, 0.2) is 66.7 Å². The maximum atomic E-state index is 13.2. The number of halogens is 2. The molecular formula is C28H27ClFNO4. The molecule has 0 unspecified atom stereocenters. The van der Waals surface area contributed by atoms with Gasteiger partial charge in [-0.3, -0.25) is 9.59 Å². The molecule has 0 fully saturated rings. The predicted octanol–water partition coefficient (Wildman–Crippen LogP) is 5.11. The summed E-state index contributed by atoms with van der Waals surface area (Å²) in [6, 6.07) is 19.4. The molecule has 4 rings (SSSR count). The quantitative estimate of drug-likeness (QED) is 0.448. The van der Waals surface area contributed by atoms with Gasteiger partial charge in [-0.1, -0.05) is 48.0 Å². The van der Waals surface area contributed by atoms with Crippen LogP contribution in [-0.4, -0.2) is 40.6 Å². The molecule has 35 heavy (non-hydrogen) atoms. The number of carboxylic acids is 1. The topological polar surface area (TPSA) is 66.8 Å². The summed E-state index contributed by atoms with van der Waals surface area (Å²) in [4.78, 5) is 25.7. The van der Waals surface area contributed by atoms with Crippen LogP contribution in [0.3, 0.4) is 0 Å². The molecule has 1 N–H and O–H groups in total. The average Bonchev–Trinajstić information content (AvgIpc) is 3.13. The number of amides is 1. The van der Waals surface area contributed by atoms with Crippen LogP contribution in [0.5, 0.6) is 5.75 Å². The van der Waals surface area contributed by atoms with Gasteiger partial charge in [0.25, 0.3) is 0 Å². The Labute approximate surface area is 209 Å². The summed E-state index contributed by atoms with van der Waals surface area (Å²) in [6.07, 6.45) is 1.91. The van der Waals surface area contributed by atoms with Crippen LogP contribution in [-0.2, 0) is 35.3 Å². The Balaban J connectivity index is 1.41. The number of hydrogen-bond acceptors (Lipinski definition) is 3. The Morgan fingerprint density at radius 1 is 1.06 bits per heavy atom. The fourth-order valence-corrected chi connectivity index (χ4v) is 4.73. The number of nitrogens with zero attached hydrogens (tertiary/aromatic N) is 1. The predicted molar refractivity (Wildman–Crippen MR) is 132 cm³/mol. The first-order valence-electron chi connectivity index (χ1n) is 11.5. The summed E-state index contributed by atoms with van der Waals surface area (Å²) in [5, 5.41) is 9.91. The highest BCUT2D eigenvalue weighted by Crippen LogP contribution is 2.37. The molecule has 3 aromatic carbocycles. The van der Waals surface area contributed by atoms with E-state index in [-0.39, 0.29) is 31.2 Å². The van der Waals surface area contributed by atoms with Crippen molar-refractivity contribution in [1.82, 2.24) is 4.90 Å². The molecule has 1 aliphatic rings. The summed E-state index contributed by atoms with van der Waals surface area (Å²) in [7, 11) is 0. The number of benzene rings is 3. The summed E-state index contributed by atoms with van der Waals surface area (Å²) in [6.45, 7) is 1.95. The summed E-state index contributed by atoms with van der Waals surface area (Å²) < 4.78 is 19.4. The van der Waals surface area contributed by atoms with Crippen molar-refractivity contribution in [3.8, 4) is 5.75 Å². The van der Waals surface area contributed by atoms with Crippen molar-refractivity contribution in [2.75, 3.05) is 13.1 Å². The molecule has 1 amide bonds. The molecule has 0 spiro atoms. The molecule has 3 aromatic rings. The fraction of sp³-hybridized carbons (Fsp3) is 0.286. The molecule has 0 saturated carbocycles. The molecule has 0 saturated heterocycles. The molecule has 1 aliphatic heterocycles. The van der Waals surface area contributed by atoms with Gasteiger partial charge in [-0.15, -0.1) is 0 Å². The molecule has 5 nitrogen and oxygen atoms in total. The molecule has 1 heterocycles. The van der Waals surface area contributed by atoms with Crippen LogP contribution in [0.2, 0.25) is 5.02 Å². The Morgan fingerprint density at radius 3 is 2.51 bits per heavy atom. The lowest BCUT2D eigenvalue weighted by atomic mass is 9.91. The Morgan fingerprint density at radius 2 is 1.80 bits per heavy atom. The summed E-state index contributed by atoms with van der Waals surface area (Å²) in [5.74, 6) is -0.798. The van der Waals surface area contributed by atoms with Gasteiger partial charge in [-0.25, -0.2) is 4.39 Å². The van der Waals surface area contributed by atoms with Gasteiger partial charge in [0.1, 0.15) is 23.7 Å². The fourth-order valence-electron chi connectivity index (χ4n) is 4.52. The normalized spacial score (nSPS) is 16.4. The van der Waals surface area contributed by atoms with Crippen molar-refractivity contribution >= 4 is 23.5 Å². The molecular weight excluding hydrogens is 469 g/mol. The number of rotatable bonds is 9. The van der Waals surface area contributed by atoms with Crippen LogP contribution in [0.4, 0.5) is 4.39 Å². The maximum Gasteiger partial charge on any atom is 0.323 e. The minimum absolute atomic E-state index is 0.102. The van der Waals surface area contributed by atoms with E-state index in [0.717, 1.165) is 28.0 Å². The highest BCUT2D eigenvalue weighted by atomic mass is 35.5. The van der Waals surface area contributed by atoms with E-state index < -0.39 is 11.6 Å². The van der Waals surface area contributed by atoms with Gasteiger partial charge < -0.3 is 14.7 Å². The smallest absolute Gasteiger partial charge is 0.323 e. The highest BCUT2D eigenvalue weighted by molar-refractivity contribution is 6.30. The van der Waals surface area contributed by atoms with Crippen LogP contribution in [0.25, 0.3) is 0 Å². The average molecular weight is 496 g/mol. The second kappa shape index (κ2) is 10.5. The van der Waals surface area contributed by atoms with Gasteiger partial charge in [0, 0.05) is 24.4 Å². The van der Waals surface area contributed by atoms with Crippen molar-refractivity contribution in [2.45, 2.75) is 38.2 Å². The zero-order chi connectivity index (χ0) is 25.0. The van der Waals surface area contributed by atoms with E-state index in [1.165, 1.54) is 17.0 Å². The Bertz CT molecular complexity index is 1230. The van der Waals surface area contributed by atoms with Crippen LogP contribution in [0, 0.1) is 5.82 Å². The summed E-state index contributed by atoms with van der Waals surface area (Å²) >= 11 is 6.03. The van der Waals surface area contributed by atoms with Gasteiger partial charge in [-0.2, -0.15) is 0 Å². The van der Waals surface area contributed by atoms with E-state index in [1.807, 2.05) is 43.3 Å². The number of carboxylic acid groups (broad SMARTS) is 1. The minimum Gasteiger partial charge on any atom is -0.487 e. The molecule has 0 bridgehead atoms. The van der Waals surface area contributed by atoms with Crippen molar-refractivity contribution in [1.29, 1.82) is 0 Å². The van der Waals surface area contributed by atoms with Gasteiger partial charge in [0.05, 0.1) is 6.42 Å². The highest BCUT2D eigenvalue weighted by Gasteiger charge is 2.35. The van der Waals surface area contributed by atoms with E-state index >= 15 is 0 Å². The largest absolute Gasteiger partial charge is 0.487 e. The van der Waals surface area contributed by atoms with Crippen LogP contribution < -0.4 is 4.74 Å². The lowest BCUT2D eigenvalue weighted by Crippen LogP contribution is -2.38. The second-order valence-corrected chi connectivity index (χ2v) is 9.68. The maximum absolute atomic E-state index is 13.2. The first kappa shape index (κ1) is 24.7. The zero-order valence-corrected chi connectivity index (χ0v) is 20.2. The third-order valence-corrected chi connectivity index (χ3v) is 6.37. The lowest BCUT2D eigenvalue weighted by molar-refractivity contribution is -0.144. The first-order chi connectivity index (χ1) is 16.7. The van der Waals surface area contributed by atoms with Crippen molar-refractivity contribution < 1.29 is 23.8 Å². The van der Waals surface area contributed by atoms with Crippen molar-refractivity contribution in [2.24, 2.45) is 0 Å². The van der Waals surface area contributed by atoms with Gasteiger partial charge in [0.15, 0.2) is 0 Å². The second-order valence-electron chi connectivity index (χ2n) is 9.24. The van der Waals surface area contributed by atoms with Crippen molar-refractivity contribution in [3.63, 3.8) is 0 Å². The van der Waals surface area contributed by atoms with E-state index in [4.69, 9.17) is 16.3 Å². The molecule has 0 radical (unpaired) electrons. The third-order valence-electron chi connectivity index (χ3n) is 6.13. The Kier molecular flexibility index (Phi) is 7.41. The number of carbonyl (C=O) groups excluding carboxylic acids is 1. The number of carbonyl (C=O) groups is 2. The van der Waals surface area contributed by atoms with Crippen molar-refractivity contribution in [3.05, 3.63) is 99.8 Å². The molecule has 0 aliphatic carbocycles. The minimum atomic E-state index is -1.05. The third kappa shape index (κ3) is 6.61. The lowest BCUT2D eigenvalue weighted by Gasteiger charge is -2.24. The molecule has 0 aromatic heterocycles. The standard InChI is InChI=1S/C28H27ClFNO4/c1-28(16-20-5-8-24(30)9-6-20)17-22-13-21(7-10-25(22)35-28)15-26(32)31(18-27(33)34)12-11-19-3-2-4-23(29)14-19/h2-10,13-14H,11-12,15-18H2,1H3,(H,33,34)/t28-/m0/s1. The molecule has 182 valence electrons. The van der Waals surface area contributed by atoms with E-state index in [1.54, 1.807) is 18.2 Å². The molecule has 7 heteroatoms. The van der Waals surface area contributed by atoms with E-state index in [0.29, 0.717) is 24.3 Å². The van der Waals surface area contributed by atoms with Gasteiger partial charge in [-0.05, 0) is 65.9 Å². The number of aliphatic carboxylic acids is 1. The summed E-state index contributed by atoms with van der Waals surface area (Å²) in [5.41, 5.74) is 3.27. The van der Waals surface area contributed by atoms with Gasteiger partial charge >= 0.3 is 5.97 Å². The Hall–Kier alpha value is -3.38. The van der Waals surface area contributed by atoms with E-state index in [9.17, 15) is 19.1 Å². The number of ether oxygens (including phenoxy) is 1. The van der Waals surface area contributed by atoms with Crippen LogP contribution >= 0.6 is 11.6 Å². The van der Waals surface area contributed by atoms with E-state index in [2.05, 4.69) is 0 Å². The number of fused-ring (bicyclic) bond motifs is 1. The zero-order valence-electron chi connectivity index (χ0n) is 19.5. The van der Waals surface area contributed by atoms with Gasteiger partial charge in [0.2, 0.25) is 5.91 Å². The monoisotopic (exact) mass is 495 g/mol.